The third kappa shape index (κ3) is 3.16. The summed E-state index contributed by atoms with van der Waals surface area (Å²) in [5, 5.41) is 18.7. The summed E-state index contributed by atoms with van der Waals surface area (Å²) in [7, 11) is 1.63. The van der Waals surface area contributed by atoms with Crippen LogP contribution in [0.4, 0.5) is 0 Å². The Morgan fingerprint density at radius 3 is 2.23 bits per heavy atom. The normalized spacial score (nSPS) is 10.5. The van der Waals surface area contributed by atoms with Crippen LogP contribution in [0.25, 0.3) is 28.2 Å². The van der Waals surface area contributed by atoms with E-state index in [9.17, 15) is 14.7 Å². The molecule has 0 fully saturated rings. The van der Waals surface area contributed by atoms with E-state index in [-0.39, 0.29) is 5.56 Å². The Bertz CT molecular complexity index is 1330. The molecule has 0 atom stereocenters. The van der Waals surface area contributed by atoms with Gasteiger partial charge in [0.25, 0.3) is 5.56 Å². The Labute approximate surface area is 171 Å². The highest BCUT2D eigenvalue weighted by atomic mass is 16.4. The van der Waals surface area contributed by atoms with Crippen LogP contribution in [0, 0.1) is 11.3 Å². The number of hydrogen-bond donors (Lipinski definition) is 1. The zero-order valence-electron chi connectivity index (χ0n) is 16.0. The van der Waals surface area contributed by atoms with Gasteiger partial charge in [-0.2, -0.15) is 5.26 Å². The summed E-state index contributed by atoms with van der Waals surface area (Å²) in [5.41, 5.74) is 2.54. The smallest absolute Gasteiger partial charge is 0.343 e. The molecule has 2 aromatic carbocycles. The lowest BCUT2D eigenvalue weighted by molar-refractivity contribution is 0.0696. The molecular weight excluding hydrogens is 380 g/mol. The zero-order chi connectivity index (χ0) is 21.3. The van der Waals surface area contributed by atoms with Gasteiger partial charge in [0.2, 0.25) is 0 Å². The van der Waals surface area contributed by atoms with Crippen molar-refractivity contribution in [3.63, 3.8) is 0 Å². The van der Waals surface area contributed by atoms with E-state index >= 15 is 0 Å². The van der Waals surface area contributed by atoms with E-state index in [0.29, 0.717) is 22.5 Å². The molecule has 0 aliphatic heterocycles. The van der Waals surface area contributed by atoms with Gasteiger partial charge in [-0.15, -0.1) is 0 Å². The second kappa shape index (κ2) is 7.53. The molecule has 0 unspecified atom stereocenters. The number of aromatic carboxylic acids is 1. The van der Waals surface area contributed by atoms with Crippen LogP contribution < -0.4 is 5.56 Å². The zero-order valence-corrected chi connectivity index (χ0v) is 16.0. The van der Waals surface area contributed by atoms with Gasteiger partial charge in [0, 0.05) is 24.4 Å². The summed E-state index contributed by atoms with van der Waals surface area (Å²) in [6, 6.07) is 21.2. The largest absolute Gasteiger partial charge is 0.477 e. The topological polar surface area (TPSA) is 101 Å². The minimum atomic E-state index is -1.30. The molecule has 0 aliphatic carbocycles. The number of pyridine rings is 1. The predicted octanol–water partition coefficient (Wildman–Crippen LogP) is 3.47. The molecule has 4 aromatic rings. The molecule has 7 heteroatoms. The molecule has 1 N–H and O–H groups in total. The van der Waals surface area contributed by atoms with Crippen LogP contribution in [0.2, 0.25) is 0 Å². The van der Waals surface area contributed by atoms with Gasteiger partial charge in [-0.1, -0.05) is 30.3 Å². The number of rotatable bonds is 4. The molecule has 0 amide bonds. The van der Waals surface area contributed by atoms with Gasteiger partial charge in [-0.3, -0.25) is 14.5 Å². The fraction of sp³-hybridized carbons (Fsp3) is 0.0435. The average molecular weight is 396 g/mol. The van der Waals surface area contributed by atoms with E-state index in [2.05, 4.69) is 4.98 Å². The molecule has 2 heterocycles. The maximum atomic E-state index is 13.0. The first-order chi connectivity index (χ1) is 14.5. The standard InChI is InChI=1S/C23H16N4O3/c1-26-21(17-9-7-16(8-10-17)19-4-2-3-13-25-19)20(23(29)30)22(28)27(26)18-11-5-15(14-24)6-12-18/h2-13H,1H3,(H,29,30). The van der Waals surface area contributed by atoms with Gasteiger partial charge < -0.3 is 5.11 Å². The Morgan fingerprint density at radius 1 is 1.00 bits per heavy atom. The van der Waals surface area contributed by atoms with E-state index in [1.807, 2.05) is 36.4 Å². The molecule has 0 aliphatic rings. The van der Waals surface area contributed by atoms with Crippen molar-refractivity contribution in [1.82, 2.24) is 14.3 Å². The molecule has 0 saturated carbocycles. The number of carbonyl (C=O) groups is 1. The average Bonchev–Trinajstić information content (AvgIpc) is 3.05. The van der Waals surface area contributed by atoms with Crippen molar-refractivity contribution in [3.05, 3.63) is 94.4 Å². The second-order valence-electron chi connectivity index (χ2n) is 6.62. The lowest BCUT2D eigenvalue weighted by atomic mass is 10.0. The van der Waals surface area contributed by atoms with Crippen LogP contribution in [0.15, 0.2) is 77.7 Å². The lowest BCUT2D eigenvalue weighted by Gasteiger charge is -2.11. The fourth-order valence-electron chi connectivity index (χ4n) is 3.43. The van der Waals surface area contributed by atoms with E-state index in [4.69, 9.17) is 5.26 Å². The molecule has 146 valence electrons. The highest BCUT2D eigenvalue weighted by Crippen LogP contribution is 2.26. The third-order valence-corrected chi connectivity index (χ3v) is 4.84. The molecular formula is C23H16N4O3. The molecule has 0 saturated heterocycles. The van der Waals surface area contributed by atoms with Crippen molar-refractivity contribution in [2.24, 2.45) is 7.05 Å². The van der Waals surface area contributed by atoms with Crippen molar-refractivity contribution in [2.45, 2.75) is 0 Å². The lowest BCUT2D eigenvalue weighted by Crippen LogP contribution is -2.22. The van der Waals surface area contributed by atoms with Crippen molar-refractivity contribution in [2.75, 3.05) is 0 Å². The third-order valence-electron chi connectivity index (χ3n) is 4.84. The van der Waals surface area contributed by atoms with E-state index in [1.54, 1.807) is 49.6 Å². The maximum Gasteiger partial charge on any atom is 0.343 e. The summed E-state index contributed by atoms with van der Waals surface area (Å²) >= 11 is 0. The monoisotopic (exact) mass is 396 g/mol. The quantitative estimate of drug-likeness (QED) is 0.569. The fourth-order valence-corrected chi connectivity index (χ4v) is 3.43. The summed E-state index contributed by atoms with van der Waals surface area (Å²) in [6.07, 6.45) is 1.70. The molecule has 2 aromatic heterocycles. The number of nitriles is 1. The Kier molecular flexibility index (Phi) is 4.74. The van der Waals surface area contributed by atoms with Crippen LogP contribution in [0.5, 0.6) is 0 Å². The predicted molar refractivity (Wildman–Crippen MR) is 111 cm³/mol. The molecule has 30 heavy (non-hydrogen) atoms. The van der Waals surface area contributed by atoms with Gasteiger partial charge in [0.15, 0.2) is 5.56 Å². The summed E-state index contributed by atoms with van der Waals surface area (Å²) < 4.78 is 2.80. The van der Waals surface area contributed by atoms with Crippen molar-refractivity contribution in [3.8, 4) is 34.3 Å². The number of hydrogen-bond acceptors (Lipinski definition) is 4. The molecule has 0 bridgehead atoms. The van der Waals surface area contributed by atoms with E-state index < -0.39 is 11.5 Å². The first-order valence-corrected chi connectivity index (χ1v) is 9.09. The van der Waals surface area contributed by atoms with Gasteiger partial charge >= 0.3 is 5.97 Å². The number of carboxylic acid groups (broad SMARTS) is 1. The van der Waals surface area contributed by atoms with Crippen LogP contribution >= 0.6 is 0 Å². The number of aromatic nitrogens is 3. The van der Waals surface area contributed by atoms with Gasteiger partial charge in [0.1, 0.15) is 0 Å². The van der Waals surface area contributed by atoms with E-state index in [1.165, 1.54) is 9.36 Å². The molecule has 0 radical (unpaired) electrons. The summed E-state index contributed by atoms with van der Waals surface area (Å²) in [4.78, 5) is 29.2. The van der Waals surface area contributed by atoms with Crippen LogP contribution in [-0.2, 0) is 7.05 Å². The van der Waals surface area contributed by atoms with Crippen molar-refractivity contribution >= 4 is 5.97 Å². The minimum Gasteiger partial charge on any atom is -0.477 e. The van der Waals surface area contributed by atoms with Crippen LogP contribution in [-0.4, -0.2) is 25.4 Å². The van der Waals surface area contributed by atoms with E-state index in [0.717, 1.165) is 11.3 Å². The van der Waals surface area contributed by atoms with Crippen molar-refractivity contribution < 1.29 is 9.90 Å². The van der Waals surface area contributed by atoms with Gasteiger partial charge in [0.05, 0.1) is 28.7 Å². The summed E-state index contributed by atoms with van der Waals surface area (Å²) in [6.45, 7) is 0. The van der Waals surface area contributed by atoms with Gasteiger partial charge in [-0.05, 0) is 36.4 Å². The second-order valence-corrected chi connectivity index (χ2v) is 6.62. The molecule has 7 nitrogen and oxygen atoms in total. The Balaban J connectivity index is 1.86. The maximum absolute atomic E-state index is 13.0. The SMILES string of the molecule is Cn1c(-c2ccc(-c3ccccn3)cc2)c(C(=O)O)c(=O)n1-c1ccc(C#N)cc1. The summed E-state index contributed by atoms with van der Waals surface area (Å²) in [5.74, 6) is -1.30. The number of carboxylic acids is 1. The Hall–Kier alpha value is -4.44. The Morgan fingerprint density at radius 2 is 1.67 bits per heavy atom. The molecule has 4 rings (SSSR count). The highest BCUT2D eigenvalue weighted by molar-refractivity contribution is 5.95. The van der Waals surface area contributed by atoms with Crippen LogP contribution in [0.1, 0.15) is 15.9 Å². The van der Waals surface area contributed by atoms with Gasteiger partial charge in [-0.25, -0.2) is 9.48 Å². The van der Waals surface area contributed by atoms with Crippen molar-refractivity contribution in [1.29, 1.82) is 5.26 Å². The molecule has 0 spiro atoms. The number of nitrogens with zero attached hydrogens (tertiary/aromatic N) is 4. The first kappa shape index (κ1) is 18.9. The van der Waals surface area contributed by atoms with Crippen LogP contribution in [0.3, 0.4) is 0 Å². The highest BCUT2D eigenvalue weighted by Gasteiger charge is 2.25. The minimum absolute atomic E-state index is 0.296. The first-order valence-electron chi connectivity index (χ1n) is 9.09. The number of benzene rings is 2.